The monoisotopic (exact) mass is 442 g/mol. The third-order valence-electron chi connectivity index (χ3n) is 4.73. The zero-order valence-corrected chi connectivity index (χ0v) is 18.3. The third kappa shape index (κ3) is 5.40. The molecule has 0 saturated carbocycles. The lowest BCUT2D eigenvalue weighted by atomic mass is 10.0. The maximum Gasteiger partial charge on any atom is 0.261 e. The molecule has 0 heterocycles. The summed E-state index contributed by atoms with van der Waals surface area (Å²) in [5.41, 5.74) is 2.55. The van der Waals surface area contributed by atoms with E-state index in [2.05, 4.69) is 10.0 Å². The molecule has 0 unspecified atom stereocenters. The fraction of sp³-hybridized carbons (Fsp3) is 0.174. The Morgan fingerprint density at radius 1 is 1.00 bits per heavy atom. The van der Waals surface area contributed by atoms with Gasteiger partial charge in [0.25, 0.3) is 15.9 Å². The second-order valence-electron chi connectivity index (χ2n) is 7.13. The fourth-order valence-electron chi connectivity index (χ4n) is 2.93. The van der Waals surface area contributed by atoms with Crippen LogP contribution in [0.25, 0.3) is 0 Å². The molecule has 0 aliphatic heterocycles. The van der Waals surface area contributed by atoms with Gasteiger partial charge in [0.1, 0.15) is 0 Å². The normalized spacial score (nSPS) is 12.2. The Balaban J connectivity index is 1.73. The molecule has 0 radical (unpaired) electrons. The van der Waals surface area contributed by atoms with E-state index in [4.69, 9.17) is 11.6 Å². The number of carbonyl (C=O) groups excluding carboxylic acids is 1. The molecule has 7 heteroatoms. The van der Waals surface area contributed by atoms with Crippen molar-refractivity contribution in [2.45, 2.75) is 24.7 Å². The average Bonchev–Trinajstić information content (AvgIpc) is 2.74. The maximum atomic E-state index is 12.7. The topological polar surface area (TPSA) is 75.3 Å². The van der Waals surface area contributed by atoms with Crippen LogP contribution in [0.4, 0.5) is 5.69 Å². The number of benzene rings is 3. The quantitative estimate of drug-likeness (QED) is 0.541. The summed E-state index contributed by atoms with van der Waals surface area (Å²) >= 11 is 6.19. The van der Waals surface area contributed by atoms with E-state index in [1.54, 1.807) is 12.1 Å². The van der Waals surface area contributed by atoms with Crippen LogP contribution in [-0.2, 0) is 10.0 Å². The van der Waals surface area contributed by atoms with Crippen LogP contribution in [0.5, 0.6) is 0 Å². The summed E-state index contributed by atoms with van der Waals surface area (Å²) in [7, 11) is -3.77. The van der Waals surface area contributed by atoms with Gasteiger partial charge in [-0.25, -0.2) is 8.42 Å². The Morgan fingerprint density at radius 2 is 1.67 bits per heavy atom. The van der Waals surface area contributed by atoms with Crippen LogP contribution in [0, 0.1) is 6.92 Å². The van der Waals surface area contributed by atoms with Gasteiger partial charge >= 0.3 is 0 Å². The highest BCUT2D eigenvalue weighted by atomic mass is 35.5. The largest absolute Gasteiger partial charge is 0.351 e. The first-order valence-corrected chi connectivity index (χ1v) is 11.3. The number of carbonyl (C=O) groups is 1. The van der Waals surface area contributed by atoms with E-state index in [1.165, 1.54) is 30.3 Å². The van der Waals surface area contributed by atoms with E-state index >= 15 is 0 Å². The number of sulfonamides is 1. The number of hydrogen-bond donors (Lipinski definition) is 2. The zero-order chi connectivity index (χ0) is 21.7. The van der Waals surface area contributed by atoms with Crippen molar-refractivity contribution in [2.24, 2.45) is 0 Å². The predicted molar refractivity (Wildman–Crippen MR) is 121 cm³/mol. The summed E-state index contributed by atoms with van der Waals surface area (Å²) in [5, 5.41) is 3.11. The van der Waals surface area contributed by atoms with E-state index in [1.807, 2.05) is 44.2 Å². The molecule has 156 valence electrons. The van der Waals surface area contributed by atoms with Gasteiger partial charge in [-0.05, 0) is 48.7 Å². The number of amides is 1. The van der Waals surface area contributed by atoms with Crippen LogP contribution in [0.1, 0.15) is 34.3 Å². The number of hydrogen-bond acceptors (Lipinski definition) is 3. The van der Waals surface area contributed by atoms with Gasteiger partial charge in [-0.2, -0.15) is 0 Å². The molecular formula is C23H23ClN2O3S. The number of nitrogens with one attached hydrogen (secondary N) is 2. The van der Waals surface area contributed by atoms with Crippen LogP contribution in [-0.4, -0.2) is 20.9 Å². The minimum absolute atomic E-state index is 0.122. The second kappa shape index (κ2) is 9.32. The van der Waals surface area contributed by atoms with Crippen LogP contribution in [0.3, 0.4) is 0 Å². The molecule has 0 aliphatic carbocycles. The van der Waals surface area contributed by atoms with Gasteiger partial charge in [0.15, 0.2) is 0 Å². The summed E-state index contributed by atoms with van der Waals surface area (Å²) in [5.74, 6) is -0.240. The zero-order valence-electron chi connectivity index (χ0n) is 16.7. The summed E-state index contributed by atoms with van der Waals surface area (Å²) in [6.07, 6.45) is 0. The van der Waals surface area contributed by atoms with Crippen molar-refractivity contribution in [3.05, 3.63) is 94.5 Å². The second-order valence-corrected chi connectivity index (χ2v) is 9.22. The molecule has 0 aliphatic rings. The lowest BCUT2D eigenvalue weighted by Gasteiger charge is -2.14. The highest BCUT2D eigenvalue weighted by Gasteiger charge is 2.17. The SMILES string of the molecule is Cc1ccc(S(=O)(=O)Nc2ccc(Cl)c(C(=O)NC[C@H](C)c3ccccc3)c2)cc1. The first-order valence-electron chi connectivity index (χ1n) is 9.48. The minimum atomic E-state index is -3.77. The van der Waals surface area contributed by atoms with Gasteiger partial charge in [0.2, 0.25) is 0 Å². The summed E-state index contributed by atoms with van der Waals surface area (Å²) in [6, 6.07) is 20.8. The molecule has 3 rings (SSSR count). The van der Waals surface area contributed by atoms with E-state index in [0.717, 1.165) is 11.1 Å². The van der Waals surface area contributed by atoms with Crippen LogP contribution in [0.2, 0.25) is 5.02 Å². The van der Waals surface area contributed by atoms with Crippen molar-refractivity contribution in [1.29, 1.82) is 0 Å². The average molecular weight is 443 g/mol. The van der Waals surface area contributed by atoms with E-state index < -0.39 is 10.0 Å². The molecule has 0 aromatic heterocycles. The van der Waals surface area contributed by atoms with Gasteiger partial charge in [-0.1, -0.05) is 66.6 Å². The predicted octanol–water partition coefficient (Wildman–Crippen LogP) is 4.98. The highest BCUT2D eigenvalue weighted by Crippen LogP contribution is 2.23. The van der Waals surface area contributed by atoms with Crippen molar-refractivity contribution in [1.82, 2.24) is 5.32 Å². The first-order chi connectivity index (χ1) is 14.3. The van der Waals surface area contributed by atoms with Crippen molar-refractivity contribution >= 4 is 33.2 Å². The number of anilines is 1. The smallest absolute Gasteiger partial charge is 0.261 e. The summed E-state index contributed by atoms with van der Waals surface area (Å²) in [6.45, 7) is 4.33. The van der Waals surface area contributed by atoms with E-state index in [9.17, 15) is 13.2 Å². The standard InChI is InChI=1S/C23H23ClN2O3S/c1-16-8-11-20(12-9-16)30(28,29)26-19-10-13-22(24)21(14-19)23(27)25-15-17(2)18-6-4-3-5-7-18/h3-14,17,26H,15H2,1-2H3,(H,25,27)/t17-/m0/s1. The van der Waals surface area contributed by atoms with Crippen LogP contribution < -0.4 is 10.0 Å². The first kappa shape index (κ1) is 21.9. The van der Waals surface area contributed by atoms with Crippen molar-refractivity contribution in [3.8, 4) is 0 Å². The molecule has 30 heavy (non-hydrogen) atoms. The number of halogens is 1. The molecule has 2 N–H and O–H groups in total. The molecule has 5 nitrogen and oxygen atoms in total. The molecule has 1 atom stereocenters. The van der Waals surface area contributed by atoms with Gasteiger partial charge in [0, 0.05) is 12.2 Å². The number of rotatable bonds is 7. The van der Waals surface area contributed by atoms with Crippen LogP contribution >= 0.6 is 11.6 Å². The van der Waals surface area contributed by atoms with E-state index in [0.29, 0.717) is 6.54 Å². The van der Waals surface area contributed by atoms with Gasteiger partial charge in [-0.15, -0.1) is 0 Å². The molecule has 0 fully saturated rings. The van der Waals surface area contributed by atoms with Crippen LogP contribution in [0.15, 0.2) is 77.7 Å². The molecule has 0 saturated heterocycles. The number of aryl methyl sites for hydroxylation is 1. The van der Waals surface area contributed by atoms with Crippen molar-refractivity contribution in [2.75, 3.05) is 11.3 Å². The molecule has 1 amide bonds. The Bertz CT molecular complexity index is 1130. The summed E-state index contributed by atoms with van der Waals surface area (Å²) in [4.78, 5) is 12.8. The van der Waals surface area contributed by atoms with Gasteiger partial charge in [-0.3, -0.25) is 9.52 Å². The third-order valence-corrected chi connectivity index (χ3v) is 6.46. The maximum absolute atomic E-state index is 12.7. The highest BCUT2D eigenvalue weighted by molar-refractivity contribution is 7.92. The van der Waals surface area contributed by atoms with E-state index in [-0.39, 0.29) is 33.0 Å². The Hall–Kier alpha value is -2.83. The Labute approximate surface area is 182 Å². The summed E-state index contributed by atoms with van der Waals surface area (Å²) < 4.78 is 27.7. The minimum Gasteiger partial charge on any atom is -0.351 e. The molecule has 3 aromatic carbocycles. The van der Waals surface area contributed by atoms with Crippen molar-refractivity contribution < 1.29 is 13.2 Å². The lowest BCUT2D eigenvalue weighted by molar-refractivity contribution is 0.0952. The molecule has 0 bridgehead atoms. The molecule has 3 aromatic rings. The van der Waals surface area contributed by atoms with Gasteiger partial charge < -0.3 is 5.32 Å². The van der Waals surface area contributed by atoms with Gasteiger partial charge in [0.05, 0.1) is 15.5 Å². The Kier molecular flexibility index (Phi) is 6.80. The van der Waals surface area contributed by atoms with Crippen molar-refractivity contribution in [3.63, 3.8) is 0 Å². The fourth-order valence-corrected chi connectivity index (χ4v) is 4.19. The molecule has 0 spiro atoms. The lowest BCUT2D eigenvalue weighted by Crippen LogP contribution is -2.28. The molecular weight excluding hydrogens is 420 g/mol. The Morgan fingerprint density at radius 3 is 2.33 bits per heavy atom.